The van der Waals surface area contributed by atoms with Crippen LogP contribution >= 0.6 is 0 Å². The molecule has 5 heteroatoms. The lowest BCUT2D eigenvalue weighted by molar-refractivity contribution is -0.142. The van der Waals surface area contributed by atoms with Gasteiger partial charge in [-0.1, -0.05) is 30.3 Å². The maximum atomic E-state index is 12.3. The summed E-state index contributed by atoms with van der Waals surface area (Å²) in [5.74, 6) is -1.55. The number of carbonyl (C=O) groups is 2. The third-order valence-electron chi connectivity index (χ3n) is 2.96. The topological polar surface area (TPSA) is 83.8 Å². The van der Waals surface area contributed by atoms with Crippen molar-refractivity contribution in [3.05, 3.63) is 59.2 Å². The summed E-state index contributed by atoms with van der Waals surface area (Å²) in [5.41, 5.74) is 0.463. The molecule has 2 rings (SSSR count). The average Bonchev–Trinajstić information content (AvgIpc) is 2.47. The zero-order valence-electron chi connectivity index (χ0n) is 11.4. The second-order valence-electron chi connectivity index (χ2n) is 4.43. The van der Waals surface area contributed by atoms with Crippen LogP contribution < -0.4 is 0 Å². The average molecular weight is 286 g/mol. The molecule has 0 radical (unpaired) electrons. The summed E-state index contributed by atoms with van der Waals surface area (Å²) in [6.45, 7) is 0.913. The summed E-state index contributed by atoms with van der Waals surface area (Å²) in [7, 11) is 0. The smallest absolute Gasteiger partial charge is 0.302 e. The number of esters is 1. The first-order chi connectivity index (χ1) is 10.0. The van der Waals surface area contributed by atoms with Crippen LogP contribution in [0.5, 0.6) is 11.5 Å². The second-order valence-corrected chi connectivity index (χ2v) is 4.43. The zero-order valence-corrected chi connectivity index (χ0v) is 11.4. The molecule has 0 aromatic heterocycles. The van der Waals surface area contributed by atoms with Gasteiger partial charge in [0.2, 0.25) is 0 Å². The molecule has 0 bridgehead atoms. The largest absolute Gasteiger partial charge is 0.507 e. The van der Waals surface area contributed by atoms with Crippen molar-refractivity contribution in [2.45, 2.75) is 13.5 Å². The summed E-state index contributed by atoms with van der Waals surface area (Å²) < 4.78 is 4.76. The number of benzene rings is 2. The van der Waals surface area contributed by atoms with E-state index in [2.05, 4.69) is 0 Å². The number of carbonyl (C=O) groups excluding carboxylic acids is 2. The van der Waals surface area contributed by atoms with E-state index in [0.717, 1.165) is 0 Å². The van der Waals surface area contributed by atoms with Crippen LogP contribution in [0.25, 0.3) is 0 Å². The maximum Gasteiger partial charge on any atom is 0.302 e. The van der Waals surface area contributed by atoms with Gasteiger partial charge in [0.05, 0.1) is 11.1 Å². The van der Waals surface area contributed by atoms with Gasteiger partial charge in [0.25, 0.3) is 0 Å². The van der Waals surface area contributed by atoms with Gasteiger partial charge in [-0.3, -0.25) is 9.59 Å². The molecule has 0 aliphatic rings. The second kappa shape index (κ2) is 6.09. The first kappa shape index (κ1) is 14.6. The number of phenolic OH excluding ortho intramolecular Hbond substituents is 2. The van der Waals surface area contributed by atoms with Gasteiger partial charge >= 0.3 is 5.97 Å². The lowest BCUT2D eigenvalue weighted by atomic mass is 9.99. The standard InChI is InChI=1S/C16H14O5/c1-10(17)21-9-13-14(18)8-7-12(16(13)20)15(19)11-5-3-2-4-6-11/h2-8,18,20H,9H2,1H3. The van der Waals surface area contributed by atoms with Crippen LogP contribution in [-0.2, 0) is 16.1 Å². The van der Waals surface area contributed by atoms with Crippen LogP contribution in [0.3, 0.4) is 0 Å². The molecule has 21 heavy (non-hydrogen) atoms. The fourth-order valence-electron chi connectivity index (χ4n) is 1.87. The van der Waals surface area contributed by atoms with Gasteiger partial charge in [0.1, 0.15) is 18.1 Å². The quantitative estimate of drug-likeness (QED) is 0.666. The van der Waals surface area contributed by atoms with Gasteiger partial charge < -0.3 is 14.9 Å². The van der Waals surface area contributed by atoms with Crippen molar-refractivity contribution in [2.24, 2.45) is 0 Å². The molecule has 2 aromatic rings. The Hall–Kier alpha value is -2.82. The third kappa shape index (κ3) is 3.20. The minimum Gasteiger partial charge on any atom is -0.507 e. The first-order valence-electron chi connectivity index (χ1n) is 6.27. The number of hydrogen-bond donors (Lipinski definition) is 2. The lowest BCUT2D eigenvalue weighted by Crippen LogP contribution is -2.05. The van der Waals surface area contributed by atoms with Crippen LogP contribution in [0, 0.1) is 0 Å². The summed E-state index contributed by atoms with van der Waals surface area (Å²) >= 11 is 0. The van der Waals surface area contributed by atoms with Crippen molar-refractivity contribution in [2.75, 3.05) is 0 Å². The Balaban J connectivity index is 2.39. The molecule has 0 unspecified atom stereocenters. The molecule has 5 nitrogen and oxygen atoms in total. The monoisotopic (exact) mass is 286 g/mol. The maximum absolute atomic E-state index is 12.3. The predicted molar refractivity (Wildman–Crippen MR) is 75.1 cm³/mol. The van der Waals surface area contributed by atoms with Gasteiger partial charge in [-0.05, 0) is 12.1 Å². The highest BCUT2D eigenvalue weighted by Gasteiger charge is 2.19. The number of phenols is 2. The minimum atomic E-state index is -0.548. The van der Waals surface area contributed by atoms with E-state index < -0.39 is 5.97 Å². The Labute approximate surface area is 121 Å². The van der Waals surface area contributed by atoms with E-state index in [4.69, 9.17) is 4.74 Å². The number of hydrogen-bond acceptors (Lipinski definition) is 5. The fraction of sp³-hybridized carbons (Fsp3) is 0.125. The highest BCUT2D eigenvalue weighted by Crippen LogP contribution is 2.32. The number of ketones is 1. The van der Waals surface area contributed by atoms with E-state index in [9.17, 15) is 19.8 Å². The molecule has 0 atom stereocenters. The van der Waals surface area contributed by atoms with Crippen LogP contribution in [0.4, 0.5) is 0 Å². The number of ether oxygens (including phenoxy) is 1. The van der Waals surface area contributed by atoms with E-state index in [-0.39, 0.29) is 35.0 Å². The van der Waals surface area contributed by atoms with Gasteiger partial charge in [-0.15, -0.1) is 0 Å². The Morgan fingerprint density at radius 2 is 1.71 bits per heavy atom. The van der Waals surface area contributed by atoms with Crippen LogP contribution in [-0.4, -0.2) is 22.0 Å². The van der Waals surface area contributed by atoms with Gasteiger partial charge in [-0.25, -0.2) is 0 Å². The SMILES string of the molecule is CC(=O)OCc1c(O)ccc(C(=O)c2ccccc2)c1O. The molecule has 0 aliphatic heterocycles. The third-order valence-corrected chi connectivity index (χ3v) is 2.96. The molecular weight excluding hydrogens is 272 g/mol. The molecule has 108 valence electrons. The van der Waals surface area contributed by atoms with Crippen LogP contribution in [0.15, 0.2) is 42.5 Å². The van der Waals surface area contributed by atoms with E-state index in [1.165, 1.54) is 19.1 Å². The van der Waals surface area contributed by atoms with Crippen LogP contribution in [0.1, 0.15) is 28.4 Å². The molecule has 2 aromatic carbocycles. The van der Waals surface area contributed by atoms with Crippen molar-refractivity contribution < 1.29 is 24.5 Å². The lowest BCUT2D eigenvalue weighted by Gasteiger charge is -2.11. The van der Waals surface area contributed by atoms with Crippen molar-refractivity contribution >= 4 is 11.8 Å². The minimum absolute atomic E-state index is 0.00646. The highest BCUT2D eigenvalue weighted by atomic mass is 16.5. The Morgan fingerprint density at radius 3 is 2.33 bits per heavy atom. The van der Waals surface area contributed by atoms with E-state index in [1.54, 1.807) is 30.3 Å². The summed E-state index contributed by atoms with van der Waals surface area (Å²) in [6.07, 6.45) is 0. The van der Waals surface area contributed by atoms with Crippen LogP contribution in [0.2, 0.25) is 0 Å². The first-order valence-corrected chi connectivity index (χ1v) is 6.27. The predicted octanol–water partition coefficient (Wildman–Crippen LogP) is 2.39. The van der Waals surface area contributed by atoms with E-state index >= 15 is 0 Å². The van der Waals surface area contributed by atoms with Gasteiger partial charge in [0.15, 0.2) is 5.78 Å². The van der Waals surface area contributed by atoms with Gasteiger partial charge in [0, 0.05) is 12.5 Å². The molecular formula is C16H14O5. The molecule has 2 N–H and O–H groups in total. The molecule has 0 amide bonds. The van der Waals surface area contributed by atoms with Crippen molar-refractivity contribution in [1.29, 1.82) is 0 Å². The zero-order chi connectivity index (χ0) is 15.4. The Kier molecular flexibility index (Phi) is 4.23. The Morgan fingerprint density at radius 1 is 1.05 bits per heavy atom. The molecule has 0 fully saturated rings. The van der Waals surface area contributed by atoms with E-state index in [1.807, 2.05) is 0 Å². The number of aromatic hydroxyl groups is 2. The Bertz CT molecular complexity index is 677. The summed E-state index contributed by atoms with van der Waals surface area (Å²) in [4.78, 5) is 23.1. The fourth-order valence-corrected chi connectivity index (χ4v) is 1.87. The molecule has 0 spiro atoms. The molecule has 0 heterocycles. The normalized spacial score (nSPS) is 10.1. The molecule has 0 saturated carbocycles. The molecule has 0 aliphatic carbocycles. The summed E-state index contributed by atoms with van der Waals surface area (Å²) in [5, 5.41) is 19.9. The van der Waals surface area contributed by atoms with Crippen molar-refractivity contribution in [1.82, 2.24) is 0 Å². The molecule has 0 saturated heterocycles. The highest BCUT2D eigenvalue weighted by molar-refractivity contribution is 6.11. The van der Waals surface area contributed by atoms with E-state index in [0.29, 0.717) is 5.56 Å². The van der Waals surface area contributed by atoms with Gasteiger partial charge in [-0.2, -0.15) is 0 Å². The number of rotatable bonds is 4. The summed E-state index contributed by atoms with van der Waals surface area (Å²) in [6, 6.07) is 11.1. The van der Waals surface area contributed by atoms with Crippen molar-refractivity contribution in [3.63, 3.8) is 0 Å². The van der Waals surface area contributed by atoms with Crippen molar-refractivity contribution in [3.8, 4) is 11.5 Å².